The van der Waals surface area contributed by atoms with Gasteiger partial charge in [-0.05, 0) is 33.1 Å². The zero-order valence-corrected chi connectivity index (χ0v) is 15.4. The van der Waals surface area contributed by atoms with Gasteiger partial charge in [0.15, 0.2) is 5.89 Å². The molecule has 1 amide bonds. The number of ether oxygens (including phenoxy) is 1. The number of carbonyl (C=O) groups excluding carboxylic acids is 1. The fraction of sp³-hybridized carbons (Fsp3) is 0.632. The summed E-state index contributed by atoms with van der Waals surface area (Å²) < 4.78 is 16.6. The molecule has 7 heteroatoms. The Labute approximate surface area is 152 Å². The van der Waals surface area contributed by atoms with E-state index >= 15 is 0 Å². The molecule has 0 saturated carbocycles. The molecule has 0 bridgehead atoms. The first-order valence-electron chi connectivity index (χ1n) is 9.37. The number of carbonyl (C=O) groups is 1. The maximum absolute atomic E-state index is 12.6. The second-order valence-corrected chi connectivity index (χ2v) is 7.18. The number of hydrogen-bond acceptors (Lipinski definition) is 6. The third kappa shape index (κ3) is 3.40. The van der Waals surface area contributed by atoms with Crippen LogP contribution in [0.15, 0.2) is 8.94 Å². The fourth-order valence-electron chi connectivity index (χ4n) is 3.80. The van der Waals surface area contributed by atoms with Crippen molar-refractivity contribution in [2.75, 3.05) is 19.8 Å². The average Bonchev–Trinajstić information content (AvgIpc) is 3.23. The van der Waals surface area contributed by atoms with E-state index in [0.717, 1.165) is 66.8 Å². The molecule has 7 nitrogen and oxygen atoms in total. The van der Waals surface area contributed by atoms with Crippen LogP contribution in [0.5, 0.6) is 0 Å². The van der Waals surface area contributed by atoms with Crippen LogP contribution in [0.4, 0.5) is 0 Å². The van der Waals surface area contributed by atoms with Gasteiger partial charge in [-0.2, -0.15) is 0 Å². The standard InChI is InChI=1S/C19H25N3O4/c1-12-15(13(2)26-21-12)3-4-18(23)22-8-5-17-16(11-22)20-19(25-17)14-6-9-24-10-7-14/h14H,3-11H2,1-2H3. The summed E-state index contributed by atoms with van der Waals surface area (Å²) >= 11 is 0. The van der Waals surface area contributed by atoms with Gasteiger partial charge < -0.3 is 18.6 Å². The molecule has 4 rings (SSSR count). The largest absolute Gasteiger partial charge is 0.445 e. The van der Waals surface area contributed by atoms with Gasteiger partial charge in [0, 0.05) is 44.1 Å². The van der Waals surface area contributed by atoms with Gasteiger partial charge in [0.2, 0.25) is 5.91 Å². The number of hydrogen-bond donors (Lipinski definition) is 0. The molecule has 1 fully saturated rings. The summed E-state index contributed by atoms with van der Waals surface area (Å²) in [6, 6.07) is 0. The summed E-state index contributed by atoms with van der Waals surface area (Å²) in [7, 11) is 0. The van der Waals surface area contributed by atoms with Crippen LogP contribution in [0.1, 0.15) is 59.5 Å². The molecule has 0 radical (unpaired) electrons. The van der Waals surface area contributed by atoms with Gasteiger partial charge in [-0.1, -0.05) is 5.16 Å². The number of fused-ring (bicyclic) bond motifs is 1. The Kier molecular flexibility index (Phi) is 4.80. The lowest BCUT2D eigenvalue weighted by molar-refractivity contribution is -0.132. The molecule has 0 spiro atoms. The Morgan fingerprint density at radius 3 is 2.81 bits per heavy atom. The molecule has 2 aliphatic rings. The third-order valence-corrected chi connectivity index (χ3v) is 5.44. The van der Waals surface area contributed by atoms with Crippen LogP contribution in [0.3, 0.4) is 0 Å². The third-order valence-electron chi connectivity index (χ3n) is 5.44. The van der Waals surface area contributed by atoms with Gasteiger partial charge in [-0.25, -0.2) is 4.98 Å². The van der Waals surface area contributed by atoms with Crippen LogP contribution < -0.4 is 0 Å². The second-order valence-electron chi connectivity index (χ2n) is 7.18. The Morgan fingerprint density at radius 1 is 1.27 bits per heavy atom. The molecule has 0 unspecified atom stereocenters. The van der Waals surface area contributed by atoms with Crippen molar-refractivity contribution in [2.24, 2.45) is 0 Å². The summed E-state index contributed by atoms with van der Waals surface area (Å²) in [6.45, 7) is 6.57. The molecule has 26 heavy (non-hydrogen) atoms. The maximum atomic E-state index is 12.6. The van der Waals surface area contributed by atoms with Gasteiger partial charge in [-0.3, -0.25) is 4.79 Å². The predicted octanol–water partition coefficient (Wildman–Crippen LogP) is 2.69. The first-order valence-corrected chi connectivity index (χ1v) is 9.37. The van der Waals surface area contributed by atoms with Crippen molar-refractivity contribution in [1.29, 1.82) is 0 Å². The van der Waals surface area contributed by atoms with Crippen LogP contribution in [0, 0.1) is 13.8 Å². The smallest absolute Gasteiger partial charge is 0.223 e. The van der Waals surface area contributed by atoms with Crippen LogP contribution in [-0.4, -0.2) is 40.7 Å². The monoisotopic (exact) mass is 359 g/mol. The molecule has 0 aromatic carbocycles. The van der Waals surface area contributed by atoms with Crippen LogP contribution in [0.2, 0.25) is 0 Å². The van der Waals surface area contributed by atoms with E-state index < -0.39 is 0 Å². The van der Waals surface area contributed by atoms with Crippen molar-refractivity contribution < 1.29 is 18.5 Å². The molecule has 140 valence electrons. The average molecular weight is 359 g/mol. The highest BCUT2D eigenvalue weighted by Gasteiger charge is 2.28. The maximum Gasteiger partial charge on any atom is 0.223 e. The zero-order valence-electron chi connectivity index (χ0n) is 15.4. The lowest BCUT2D eigenvalue weighted by atomic mass is 10.0. The summed E-state index contributed by atoms with van der Waals surface area (Å²) in [5, 5.41) is 3.95. The molecule has 4 heterocycles. The minimum atomic E-state index is 0.145. The van der Waals surface area contributed by atoms with E-state index in [1.54, 1.807) is 0 Å². The SMILES string of the molecule is Cc1noc(C)c1CCC(=O)N1CCc2oc(C3CCOCC3)nc2C1. The van der Waals surface area contributed by atoms with Gasteiger partial charge in [0.1, 0.15) is 17.2 Å². The Bertz CT molecular complexity index is 769. The number of oxazole rings is 1. The summed E-state index contributed by atoms with van der Waals surface area (Å²) in [5.74, 6) is 3.06. The van der Waals surface area contributed by atoms with Crippen molar-refractivity contribution in [3.8, 4) is 0 Å². The van der Waals surface area contributed by atoms with E-state index in [0.29, 0.717) is 31.8 Å². The number of amides is 1. The van der Waals surface area contributed by atoms with Crippen LogP contribution in [-0.2, 0) is 28.9 Å². The van der Waals surface area contributed by atoms with Crippen molar-refractivity contribution in [2.45, 2.75) is 58.4 Å². The van der Waals surface area contributed by atoms with E-state index in [2.05, 4.69) is 5.16 Å². The first kappa shape index (κ1) is 17.3. The minimum Gasteiger partial charge on any atom is -0.445 e. The highest BCUT2D eigenvalue weighted by atomic mass is 16.5. The summed E-state index contributed by atoms with van der Waals surface area (Å²) in [5.41, 5.74) is 2.83. The molecule has 2 aliphatic heterocycles. The second kappa shape index (κ2) is 7.23. The normalized spacial score (nSPS) is 18.2. The topological polar surface area (TPSA) is 81.6 Å². The van der Waals surface area contributed by atoms with Crippen molar-refractivity contribution in [3.63, 3.8) is 0 Å². The Balaban J connectivity index is 1.38. The molecule has 0 atom stereocenters. The summed E-state index contributed by atoms with van der Waals surface area (Å²) in [6.07, 6.45) is 3.78. The van der Waals surface area contributed by atoms with Crippen molar-refractivity contribution in [1.82, 2.24) is 15.0 Å². The van der Waals surface area contributed by atoms with Crippen LogP contribution in [0.25, 0.3) is 0 Å². The van der Waals surface area contributed by atoms with Crippen LogP contribution >= 0.6 is 0 Å². The first-order chi connectivity index (χ1) is 12.6. The number of nitrogens with zero attached hydrogens (tertiary/aromatic N) is 3. The van der Waals surface area contributed by atoms with E-state index in [1.165, 1.54) is 0 Å². The van der Waals surface area contributed by atoms with E-state index in [-0.39, 0.29) is 5.91 Å². The van der Waals surface area contributed by atoms with E-state index in [4.69, 9.17) is 18.7 Å². The van der Waals surface area contributed by atoms with Crippen molar-refractivity contribution >= 4 is 5.91 Å². The molecule has 2 aromatic rings. The van der Waals surface area contributed by atoms with E-state index in [9.17, 15) is 4.79 Å². The Morgan fingerprint density at radius 2 is 2.08 bits per heavy atom. The lowest BCUT2D eigenvalue weighted by Crippen LogP contribution is -2.36. The minimum absolute atomic E-state index is 0.145. The summed E-state index contributed by atoms with van der Waals surface area (Å²) in [4.78, 5) is 19.2. The number of rotatable bonds is 4. The Hall–Kier alpha value is -2.15. The molecular weight excluding hydrogens is 334 g/mol. The lowest BCUT2D eigenvalue weighted by Gasteiger charge is -2.25. The highest BCUT2D eigenvalue weighted by Crippen LogP contribution is 2.30. The predicted molar refractivity (Wildman–Crippen MR) is 92.7 cm³/mol. The number of aryl methyl sites for hydroxylation is 2. The van der Waals surface area contributed by atoms with E-state index in [1.807, 2.05) is 18.7 Å². The number of aromatic nitrogens is 2. The zero-order chi connectivity index (χ0) is 18.1. The van der Waals surface area contributed by atoms with Gasteiger partial charge in [0.25, 0.3) is 0 Å². The molecule has 1 saturated heterocycles. The highest BCUT2D eigenvalue weighted by molar-refractivity contribution is 5.76. The quantitative estimate of drug-likeness (QED) is 0.835. The molecular formula is C19H25N3O4. The molecule has 2 aromatic heterocycles. The molecule has 0 aliphatic carbocycles. The fourth-order valence-corrected chi connectivity index (χ4v) is 3.80. The molecule has 0 N–H and O–H groups in total. The van der Waals surface area contributed by atoms with Gasteiger partial charge in [0.05, 0.1) is 12.2 Å². The van der Waals surface area contributed by atoms with Gasteiger partial charge in [-0.15, -0.1) is 0 Å². The van der Waals surface area contributed by atoms with Crippen molar-refractivity contribution in [3.05, 3.63) is 34.4 Å². The van der Waals surface area contributed by atoms with Gasteiger partial charge >= 0.3 is 0 Å².